The summed E-state index contributed by atoms with van der Waals surface area (Å²) >= 11 is 0. The van der Waals surface area contributed by atoms with Crippen LogP contribution < -0.4 is 0 Å². The second-order valence-corrected chi connectivity index (χ2v) is 19.2. The van der Waals surface area contributed by atoms with Crippen LogP contribution in [0.15, 0.2) is 195 Å². The predicted molar refractivity (Wildman–Crippen MR) is 287 cm³/mol. The van der Waals surface area contributed by atoms with Gasteiger partial charge < -0.3 is 9.13 Å². The van der Waals surface area contributed by atoms with Crippen molar-refractivity contribution in [2.24, 2.45) is 0 Å². The topological polar surface area (TPSA) is 61.4 Å². The standard InChI is InChI=1S/C64H40N6/c1-3-13-43(14-4-1)69-55-25-21-37(49-35-41-11-7-27-65-59(41)61-45(49)17-9-29-67-61)31-51(55)53-33-39-20-24-48-58-40(19-23-47(57(39)58)63(53)69)34-54-52-32-38(22-26-56(52)70(64(48)54)44-15-5-2-6-16-44)50-36-42-12-8-28-66-60(42)62-46(50)18-10-30-68-62/h1-18,21-22,25-36H,19-20,23-24H2. The Hall–Kier alpha value is -9.00. The van der Waals surface area contributed by atoms with Crippen molar-refractivity contribution in [3.05, 3.63) is 217 Å². The Labute approximate surface area is 401 Å². The molecule has 2 aliphatic rings. The molecule has 0 saturated carbocycles. The minimum absolute atomic E-state index is 0.935. The highest BCUT2D eigenvalue weighted by atomic mass is 15.0. The van der Waals surface area contributed by atoms with Gasteiger partial charge in [-0.2, -0.15) is 0 Å². The van der Waals surface area contributed by atoms with Gasteiger partial charge in [0.1, 0.15) is 0 Å². The van der Waals surface area contributed by atoms with E-state index in [9.17, 15) is 0 Å². The Bertz CT molecular complexity index is 4290. The number of aryl methyl sites for hydroxylation is 4. The molecule has 6 heteroatoms. The molecular weight excluding hydrogens is 853 g/mol. The quantitative estimate of drug-likeness (QED) is 0.165. The van der Waals surface area contributed by atoms with Gasteiger partial charge in [-0.3, -0.25) is 19.9 Å². The molecule has 8 aromatic carbocycles. The zero-order valence-corrected chi connectivity index (χ0v) is 38.0. The lowest BCUT2D eigenvalue weighted by molar-refractivity contribution is 0.883. The normalized spacial score (nSPS) is 13.2. The molecule has 0 radical (unpaired) electrons. The third kappa shape index (κ3) is 5.22. The fourth-order valence-corrected chi connectivity index (χ4v) is 12.7. The summed E-state index contributed by atoms with van der Waals surface area (Å²) in [5.74, 6) is 0. The maximum absolute atomic E-state index is 4.86. The molecule has 326 valence electrons. The number of rotatable bonds is 4. The summed E-state index contributed by atoms with van der Waals surface area (Å²) < 4.78 is 5.10. The van der Waals surface area contributed by atoms with Gasteiger partial charge in [0.05, 0.1) is 44.1 Å². The fraction of sp³-hybridized carbons (Fsp3) is 0.0625. The molecule has 14 aromatic rings. The van der Waals surface area contributed by atoms with Crippen LogP contribution in [0.5, 0.6) is 0 Å². The largest absolute Gasteiger partial charge is 0.309 e. The molecule has 2 aliphatic carbocycles. The highest BCUT2D eigenvalue weighted by Crippen LogP contribution is 2.52. The molecule has 6 nitrogen and oxygen atoms in total. The van der Waals surface area contributed by atoms with Crippen LogP contribution >= 0.6 is 0 Å². The van der Waals surface area contributed by atoms with E-state index in [1.807, 2.05) is 49.1 Å². The second-order valence-electron chi connectivity index (χ2n) is 19.2. The molecule has 0 bridgehead atoms. The van der Waals surface area contributed by atoms with Crippen molar-refractivity contribution in [1.29, 1.82) is 0 Å². The first-order valence-corrected chi connectivity index (χ1v) is 24.4. The van der Waals surface area contributed by atoms with E-state index in [0.717, 1.165) is 69.3 Å². The lowest BCUT2D eigenvalue weighted by atomic mass is 9.74. The van der Waals surface area contributed by atoms with Crippen LogP contribution in [0.25, 0.3) is 132 Å². The monoisotopic (exact) mass is 892 g/mol. The van der Waals surface area contributed by atoms with Crippen LogP contribution in [0.4, 0.5) is 0 Å². The van der Waals surface area contributed by atoms with Crippen LogP contribution in [-0.4, -0.2) is 29.1 Å². The average molecular weight is 893 g/mol. The Kier molecular flexibility index (Phi) is 7.75. The van der Waals surface area contributed by atoms with Gasteiger partial charge >= 0.3 is 0 Å². The summed E-state index contributed by atoms with van der Waals surface area (Å²) in [6.07, 6.45) is 11.4. The molecule has 0 N–H and O–H groups in total. The molecule has 0 spiro atoms. The highest BCUT2D eigenvalue weighted by Gasteiger charge is 2.33. The summed E-state index contributed by atoms with van der Waals surface area (Å²) in [6, 6.07) is 62.7. The van der Waals surface area contributed by atoms with Crippen molar-refractivity contribution in [2.75, 3.05) is 0 Å². The summed E-state index contributed by atoms with van der Waals surface area (Å²) in [5, 5.41) is 9.62. The van der Waals surface area contributed by atoms with E-state index in [4.69, 9.17) is 19.9 Å². The van der Waals surface area contributed by atoms with Crippen molar-refractivity contribution in [1.82, 2.24) is 29.1 Å². The zero-order valence-electron chi connectivity index (χ0n) is 38.0. The third-order valence-electron chi connectivity index (χ3n) is 15.6. The van der Waals surface area contributed by atoms with Crippen molar-refractivity contribution in [3.8, 4) is 44.8 Å². The van der Waals surface area contributed by atoms with Gasteiger partial charge in [-0.1, -0.05) is 72.8 Å². The van der Waals surface area contributed by atoms with Crippen molar-refractivity contribution < 1.29 is 0 Å². The SMILES string of the molecule is c1ccc(-n2c3ccc(-c4cc5cccnc5c5ncccc45)cc3c3cc4c5c(c32)CCc2cc3c6cc(-c7cc8cccnc8c8ncccc78)ccc6n(-c6ccccc6)c3c(c2-5)CC4)cc1. The van der Waals surface area contributed by atoms with Gasteiger partial charge in [0, 0.05) is 79.3 Å². The number of nitrogens with zero attached hydrogens (tertiary/aromatic N) is 6. The Morgan fingerprint density at radius 3 is 1.21 bits per heavy atom. The summed E-state index contributed by atoms with van der Waals surface area (Å²) in [4.78, 5) is 19.2. The minimum atomic E-state index is 0.935. The maximum atomic E-state index is 4.86. The Morgan fingerprint density at radius 1 is 0.329 bits per heavy atom. The van der Waals surface area contributed by atoms with E-state index in [2.05, 4.69) is 155 Å². The molecule has 6 aromatic heterocycles. The fourth-order valence-electron chi connectivity index (χ4n) is 12.7. The third-order valence-corrected chi connectivity index (χ3v) is 15.6. The lowest BCUT2D eigenvalue weighted by Gasteiger charge is -2.31. The van der Waals surface area contributed by atoms with Gasteiger partial charge in [-0.25, -0.2) is 0 Å². The molecule has 6 heterocycles. The van der Waals surface area contributed by atoms with Crippen molar-refractivity contribution >= 4 is 87.2 Å². The number of hydrogen-bond acceptors (Lipinski definition) is 4. The van der Waals surface area contributed by atoms with Gasteiger partial charge in [0.15, 0.2) is 0 Å². The number of pyridine rings is 4. The Morgan fingerprint density at radius 2 is 0.757 bits per heavy atom. The van der Waals surface area contributed by atoms with Gasteiger partial charge in [-0.05, 0) is 178 Å². The molecule has 0 amide bonds. The number of benzene rings is 8. The van der Waals surface area contributed by atoms with Gasteiger partial charge in [0.25, 0.3) is 0 Å². The molecular formula is C64H40N6. The van der Waals surface area contributed by atoms with Crippen molar-refractivity contribution in [2.45, 2.75) is 25.7 Å². The van der Waals surface area contributed by atoms with Gasteiger partial charge in [0.2, 0.25) is 0 Å². The van der Waals surface area contributed by atoms with Crippen LogP contribution in [-0.2, 0) is 25.7 Å². The maximum Gasteiger partial charge on any atom is 0.0970 e. The first kappa shape index (κ1) is 38.0. The van der Waals surface area contributed by atoms with E-state index >= 15 is 0 Å². The molecule has 0 fully saturated rings. The molecule has 0 saturated heterocycles. The summed E-state index contributed by atoms with van der Waals surface area (Å²) in [7, 11) is 0. The second kappa shape index (κ2) is 14.3. The van der Waals surface area contributed by atoms with E-state index in [-0.39, 0.29) is 0 Å². The zero-order chi connectivity index (χ0) is 45.6. The number of fused-ring (bicyclic) bond motifs is 14. The molecule has 16 rings (SSSR count). The van der Waals surface area contributed by atoms with Crippen LogP contribution in [0.3, 0.4) is 0 Å². The van der Waals surface area contributed by atoms with E-state index in [1.165, 1.54) is 111 Å². The molecule has 0 unspecified atom stereocenters. The average Bonchev–Trinajstić information content (AvgIpc) is 3.94. The summed E-state index contributed by atoms with van der Waals surface area (Å²) in [5.41, 5.74) is 24.7. The highest BCUT2D eigenvalue weighted by molar-refractivity contribution is 6.19. The summed E-state index contributed by atoms with van der Waals surface area (Å²) in [6.45, 7) is 0. The first-order valence-electron chi connectivity index (χ1n) is 24.4. The number of para-hydroxylation sites is 2. The van der Waals surface area contributed by atoms with Crippen LogP contribution in [0.1, 0.15) is 22.3 Å². The molecule has 70 heavy (non-hydrogen) atoms. The first-order chi connectivity index (χ1) is 34.7. The lowest BCUT2D eigenvalue weighted by Crippen LogP contribution is -2.16. The van der Waals surface area contributed by atoms with Crippen LogP contribution in [0.2, 0.25) is 0 Å². The van der Waals surface area contributed by atoms with E-state index in [0.29, 0.717) is 0 Å². The van der Waals surface area contributed by atoms with Crippen molar-refractivity contribution in [3.63, 3.8) is 0 Å². The van der Waals surface area contributed by atoms with Crippen LogP contribution in [0, 0.1) is 0 Å². The number of aromatic nitrogens is 6. The van der Waals surface area contributed by atoms with E-state index < -0.39 is 0 Å². The van der Waals surface area contributed by atoms with E-state index in [1.54, 1.807) is 0 Å². The number of hydrogen-bond donors (Lipinski definition) is 0. The molecule has 0 atom stereocenters. The minimum Gasteiger partial charge on any atom is -0.309 e. The molecule has 0 aliphatic heterocycles. The Balaban J connectivity index is 0.958. The predicted octanol–water partition coefficient (Wildman–Crippen LogP) is 15.3. The smallest absolute Gasteiger partial charge is 0.0970 e. The van der Waals surface area contributed by atoms with Gasteiger partial charge in [-0.15, -0.1) is 0 Å².